The lowest BCUT2D eigenvalue weighted by Gasteiger charge is -2.08. The van der Waals surface area contributed by atoms with Crippen LogP contribution in [0.1, 0.15) is 5.69 Å². The maximum absolute atomic E-state index is 13.5. The minimum absolute atomic E-state index is 0.0534. The van der Waals surface area contributed by atoms with E-state index in [-0.39, 0.29) is 5.69 Å². The fourth-order valence-corrected chi connectivity index (χ4v) is 2.11. The topological polar surface area (TPSA) is 52.3 Å². The molecular weight excluding hydrogens is 361 g/mol. The first-order valence-corrected chi connectivity index (χ1v) is 7.11. The molecule has 3 rings (SSSR count). The number of halogens is 5. The van der Waals surface area contributed by atoms with Crippen molar-refractivity contribution in [1.29, 1.82) is 0 Å². The zero-order chi connectivity index (χ0) is 18.8. The van der Waals surface area contributed by atoms with Crippen LogP contribution in [0.15, 0.2) is 40.9 Å². The van der Waals surface area contributed by atoms with Gasteiger partial charge in [-0.15, -0.1) is 0 Å². The minimum Gasteiger partial charge on any atom is -0.420 e. The molecule has 0 amide bonds. The Morgan fingerprint density at radius 3 is 2.12 bits per heavy atom. The Balaban J connectivity index is 1.78. The molecule has 3 aromatic rings. The molecule has 26 heavy (non-hydrogen) atoms. The van der Waals surface area contributed by atoms with E-state index >= 15 is 0 Å². The van der Waals surface area contributed by atoms with Crippen LogP contribution < -0.4 is 4.74 Å². The molecule has 0 saturated carbocycles. The van der Waals surface area contributed by atoms with Crippen molar-refractivity contribution in [2.45, 2.75) is 6.42 Å². The van der Waals surface area contributed by atoms with E-state index in [0.29, 0.717) is 11.3 Å². The maximum atomic E-state index is 13.5. The molecular formula is C17H8F5NO3. The van der Waals surface area contributed by atoms with Crippen LogP contribution in [0.3, 0.4) is 0 Å². The van der Waals surface area contributed by atoms with Crippen LogP contribution in [0.25, 0.3) is 11.3 Å². The fraction of sp³-hybridized carbons (Fsp3) is 0.0588. The monoisotopic (exact) mass is 369 g/mol. The number of carbonyl (C=O) groups excluding carboxylic acids is 1. The standard InChI is InChI=1S/C17H8F5NO3/c18-12-13(19)15(21)17(16(22)14(12)20)25-11(24)7-9-6-10(26-23-9)8-4-2-1-3-5-8/h1-6H,7H2. The summed E-state index contributed by atoms with van der Waals surface area (Å²) in [5, 5.41) is 3.60. The third-order valence-electron chi connectivity index (χ3n) is 3.33. The number of rotatable bonds is 4. The highest BCUT2D eigenvalue weighted by Crippen LogP contribution is 2.29. The SMILES string of the molecule is O=C(Cc1cc(-c2ccccc2)on1)Oc1c(F)c(F)c(F)c(F)c1F. The Kier molecular flexibility index (Phi) is 4.70. The molecule has 0 bridgehead atoms. The van der Waals surface area contributed by atoms with Gasteiger partial charge in [0.2, 0.25) is 34.8 Å². The highest BCUT2D eigenvalue weighted by Gasteiger charge is 2.28. The Hall–Kier alpha value is -3.23. The maximum Gasteiger partial charge on any atom is 0.317 e. The molecule has 1 heterocycles. The van der Waals surface area contributed by atoms with Crippen LogP contribution in [-0.4, -0.2) is 11.1 Å². The highest BCUT2D eigenvalue weighted by molar-refractivity contribution is 5.75. The fourth-order valence-electron chi connectivity index (χ4n) is 2.11. The normalized spacial score (nSPS) is 10.8. The number of nitrogens with zero attached hydrogens (tertiary/aromatic N) is 1. The second kappa shape index (κ2) is 6.95. The molecule has 134 valence electrons. The van der Waals surface area contributed by atoms with E-state index < -0.39 is 47.2 Å². The lowest BCUT2D eigenvalue weighted by Crippen LogP contribution is -2.15. The van der Waals surface area contributed by atoms with Crippen LogP contribution >= 0.6 is 0 Å². The van der Waals surface area contributed by atoms with Gasteiger partial charge in [0.05, 0.1) is 12.1 Å². The number of ether oxygens (including phenoxy) is 1. The molecule has 0 atom stereocenters. The zero-order valence-corrected chi connectivity index (χ0v) is 12.7. The van der Waals surface area contributed by atoms with Gasteiger partial charge in [0, 0.05) is 11.6 Å². The van der Waals surface area contributed by atoms with Gasteiger partial charge in [0.15, 0.2) is 5.76 Å². The van der Waals surface area contributed by atoms with Crippen LogP contribution in [0, 0.1) is 29.1 Å². The highest BCUT2D eigenvalue weighted by atomic mass is 19.2. The van der Waals surface area contributed by atoms with Crippen molar-refractivity contribution >= 4 is 5.97 Å². The molecule has 0 aliphatic rings. The number of carbonyl (C=O) groups is 1. The quantitative estimate of drug-likeness (QED) is 0.228. The summed E-state index contributed by atoms with van der Waals surface area (Å²) in [6, 6.07) is 10.1. The lowest BCUT2D eigenvalue weighted by molar-refractivity contribution is -0.134. The molecule has 0 radical (unpaired) electrons. The zero-order valence-electron chi connectivity index (χ0n) is 12.7. The molecule has 0 unspecified atom stereocenters. The first-order valence-electron chi connectivity index (χ1n) is 7.11. The number of benzene rings is 2. The van der Waals surface area contributed by atoms with Crippen molar-refractivity contribution < 1.29 is 36.0 Å². The predicted molar refractivity (Wildman–Crippen MR) is 77.5 cm³/mol. The van der Waals surface area contributed by atoms with Gasteiger partial charge in [0.25, 0.3) is 0 Å². The van der Waals surface area contributed by atoms with Crippen molar-refractivity contribution in [3.63, 3.8) is 0 Å². The first kappa shape index (κ1) is 17.6. The summed E-state index contributed by atoms with van der Waals surface area (Å²) in [7, 11) is 0. The van der Waals surface area contributed by atoms with Gasteiger partial charge in [-0.1, -0.05) is 35.5 Å². The van der Waals surface area contributed by atoms with Gasteiger partial charge in [-0.2, -0.15) is 8.78 Å². The molecule has 0 fully saturated rings. The van der Waals surface area contributed by atoms with Crippen molar-refractivity contribution in [3.8, 4) is 17.1 Å². The van der Waals surface area contributed by atoms with Gasteiger partial charge in [-0.3, -0.25) is 4.79 Å². The minimum atomic E-state index is -2.34. The number of aromatic nitrogens is 1. The molecule has 0 aliphatic heterocycles. The summed E-state index contributed by atoms with van der Waals surface area (Å²) in [5.74, 6) is -13.9. The van der Waals surface area contributed by atoms with Crippen LogP contribution in [0.5, 0.6) is 5.75 Å². The summed E-state index contributed by atoms with van der Waals surface area (Å²) in [6.45, 7) is 0. The third-order valence-corrected chi connectivity index (χ3v) is 3.33. The van der Waals surface area contributed by atoms with Crippen LogP contribution in [-0.2, 0) is 11.2 Å². The van der Waals surface area contributed by atoms with E-state index in [9.17, 15) is 26.7 Å². The second-order valence-corrected chi connectivity index (χ2v) is 5.10. The van der Waals surface area contributed by atoms with Crippen LogP contribution in [0.4, 0.5) is 22.0 Å². The average Bonchev–Trinajstić information content (AvgIpc) is 3.11. The summed E-state index contributed by atoms with van der Waals surface area (Å²) >= 11 is 0. The number of hydrogen-bond donors (Lipinski definition) is 0. The van der Waals surface area contributed by atoms with E-state index in [0.717, 1.165) is 0 Å². The Bertz CT molecular complexity index is 943. The van der Waals surface area contributed by atoms with Gasteiger partial charge >= 0.3 is 5.97 Å². The molecule has 1 aromatic heterocycles. The van der Waals surface area contributed by atoms with E-state index in [1.165, 1.54) is 6.07 Å². The molecule has 0 saturated heterocycles. The molecule has 0 aliphatic carbocycles. The first-order chi connectivity index (χ1) is 12.4. The van der Waals surface area contributed by atoms with Crippen molar-refractivity contribution in [3.05, 3.63) is 71.2 Å². The van der Waals surface area contributed by atoms with Crippen molar-refractivity contribution in [2.24, 2.45) is 0 Å². The second-order valence-electron chi connectivity index (χ2n) is 5.10. The van der Waals surface area contributed by atoms with E-state index in [1.54, 1.807) is 30.3 Å². The third kappa shape index (κ3) is 3.28. The van der Waals surface area contributed by atoms with Gasteiger partial charge < -0.3 is 9.26 Å². The molecule has 4 nitrogen and oxygen atoms in total. The molecule has 9 heteroatoms. The summed E-state index contributed by atoms with van der Waals surface area (Å²) in [6.07, 6.45) is -0.601. The van der Waals surface area contributed by atoms with Crippen molar-refractivity contribution in [2.75, 3.05) is 0 Å². The Labute approximate surface area is 142 Å². The van der Waals surface area contributed by atoms with E-state index in [4.69, 9.17) is 4.52 Å². The van der Waals surface area contributed by atoms with Gasteiger partial charge in [0.1, 0.15) is 0 Å². The lowest BCUT2D eigenvalue weighted by atomic mass is 10.1. The summed E-state index contributed by atoms with van der Waals surface area (Å²) in [5.41, 5.74) is 0.720. The average molecular weight is 369 g/mol. The van der Waals surface area contributed by atoms with Gasteiger partial charge in [-0.25, -0.2) is 13.2 Å². The smallest absolute Gasteiger partial charge is 0.317 e. The largest absolute Gasteiger partial charge is 0.420 e. The summed E-state index contributed by atoms with van der Waals surface area (Å²) < 4.78 is 75.4. The Morgan fingerprint density at radius 1 is 0.923 bits per heavy atom. The summed E-state index contributed by atoms with van der Waals surface area (Å²) in [4.78, 5) is 11.8. The van der Waals surface area contributed by atoms with Crippen molar-refractivity contribution in [1.82, 2.24) is 5.16 Å². The predicted octanol–water partition coefficient (Wildman–Crippen LogP) is 4.19. The Morgan fingerprint density at radius 2 is 1.50 bits per heavy atom. The van der Waals surface area contributed by atoms with E-state index in [1.807, 2.05) is 0 Å². The van der Waals surface area contributed by atoms with Gasteiger partial charge in [-0.05, 0) is 0 Å². The number of hydrogen-bond acceptors (Lipinski definition) is 4. The van der Waals surface area contributed by atoms with Crippen LogP contribution in [0.2, 0.25) is 0 Å². The molecule has 2 aromatic carbocycles. The van der Waals surface area contributed by atoms with E-state index in [2.05, 4.69) is 9.89 Å². The number of esters is 1. The molecule has 0 spiro atoms. The molecule has 0 N–H and O–H groups in total.